The van der Waals surface area contributed by atoms with Gasteiger partial charge in [0.15, 0.2) is 0 Å². The van der Waals surface area contributed by atoms with E-state index in [1.54, 1.807) is 12.1 Å². The van der Waals surface area contributed by atoms with Crippen molar-refractivity contribution >= 4 is 33.5 Å². The first-order valence-electron chi connectivity index (χ1n) is 9.83. The topological polar surface area (TPSA) is 45.6 Å². The van der Waals surface area contributed by atoms with Crippen LogP contribution in [0, 0.1) is 5.82 Å². The van der Waals surface area contributed by atoms with Crippen molar-refractivity contribution in [3.05, 3.63) is 101 Å². The highest BCUT2D eigenvalue weighted by atomic mass is 35.5. The average Bonchev–Trinajstić information content (AvgIpc) is 3.32. The van der Waals surface area contributed by atoms with Crippen LogP contribution in [0.5, 0.6) is 0 Å². The molecule has 5 aromatic rings. The monoisotopic (exact) mass is 418 g/mol. The molecule has 0 saturated heterocycles. The first-order valence-corrected chi connectivity index (χ1v) is 10.2. The lowest BCUT2D eigenvalue weighted by Crippen LogP contribution is -2.13. The van der Waals surface area contributed by atoms with Crippen LogP contribution in [0.15, 0.2) is 72.9 Å². The van der Waals surface area contributed by atoms with Crippen LogP contribution in [0.2, 0.25) is 5.02 Å². The molecule has 0 aliphatic heterocycles. The van der Waals surface area contributed by atoms with E-state index in [1.165, 1.54) is 6.07 Å². The normalized spacial score (nSPS) is 11.5. The van der Waals surface area contributed by atoms with Gasteiger partial charge in [-0.1, -0.05) is 48.0 Å². The van der Waals surface area contributed by atoms with Crippen molar-refractivity contribution in [3.63, 3.8) is 0 Å². The van der Waals surface area contributed by atoms with Crippen molar-refractivity contribution < 1.29 is 4.39 Å². The fourth-order valence-corrected chi connectivity index (χ4v) is 4.08. The summed E-state index contributed by atoms with van der Waals surface area (Å²) < 4.78 is 16.4. The van der Waals surface area contributed by atoms with Crippen molar-refractivity contribution in [1.29, 1.82) is 0 Å². The SMILES string of the molecule is Fc1cccc(Cl)c1Cn1cc(CNCc2nc3ccccc3[nH]2)c2ccccc21. The molecule has 0 radical (unpaired) electrons. The number of para-hydroxylation sites is 3. The third-order valence-corrected chi connectivity index (χ3v) is 5.66. The van der Waals surface area contributed by atoms with Crippen LogP contribution in [0.3, 0.4) is 0 Å². The van der Waals surface area contributed by atoms with Crippen LogP contribution < -0.4 is 5.32 Å². The number of hydrogen-bond donors (Lipinski definition) is 2. The largest absolute Gasteiger partial charge is 0.343 e. The molecule has 0 spiro atoms. The summed E-state index contributed by atoms with van der Waals surface area (Å²) in [5.41, 5.74) is 4.70. The zero-order chi connectivity index (χ0) is 20.5. The van der Waals surface area contributed by atoms with Crippen LogP contribution in [-0.2, 0) is 19.6 Å². The summed E-state index contributed by atoms with van der Waals surface area (Å²) in [6.07, 6.45) is 2.07. The molecule has 3 aromatic carbocycles. The van der Waals surface area contributed by atoms with E-state index in [2.05, 4.69) is 32.1 Å². The van der Waals surface area contributed by atoms with E-state index in [0.29, 0.717) is 30.2 Å². The van der Waals surface area contributed by atoms with Gasteiger partial charge >= 0.3 is 0 Å². The number of benzene rings is 3. The molecule has 5 rings (SSSR count). The minimum atomic E-state index is -0.287. The zero-order valence-corrected chi connectivity index (χ0v) is 17.0. The highest BCUT2D eigenvalue weighted by Crippen LogP contribution is 2.26. The van der Waals surface area contributed by atoms with Gasteiger partial charge in [0.2, 0.25) is 0 Å². The average molecular weight is 419 g/mol. The first-order chi connectivity index (χ1) is 14.7. The quantitative estimate of drug-likeness (QED) is 0.374. The van der Waals surface area contributed by atoms with Gasteiger partial charge in [-0.15, -0.1) is 0 Å². The molecule has 0 bridgehead atoms. The van der Waals surface area contributed by atoms with Gasteiger partial charge in [-0.2, -0.15) is 0 Å². The minimum Gasteiger partial charge on any atom is -0.343 e. The molecule has 4 nitrogen and oxygen atoms in total. The van der Waals surface area contributed by atoms with Crippen molar-refractivity contribution in [1.82, 2.24) is 19.9 Å². The van der Waals surface area contributed by atoms with Crippen molar-refractivity contribution in [2.24, 2.45) is 0 Å². The summed E-state index contributed by atoms with van der Waals surface area (Å²) in [6.45, 7) is 1.69. The summed E-state index contributed by atoms with van der Waals surface area (Å²) in [6, 6.07) is 20.9. The van der Waals surface area contributed by atoms with E-state index in [9.17, 15) is 4.39 Å². The maximum absolute atomic E-state index is 14.3. The van der Waals surface area contributed by atoms with Crippen molar-refractivity contribution in [2.75, 3.05) is 0 Å². The Labute approximate surface area is 178 Å². The number of aromatic amines is 1. The van der Waals surface area contributed by atoms with Gasteiger partial charge in [0, 0.05) is 34.2 Å². The summed E-state index contributed by atoms with van der Waals surface area (Å²) in [4.78, 5) is 7.94. The number of rotatable bonds is 6. The Hall–Kier alpha value is -3.15. The van der Waals surface area contributed by atoms with Crippen LogP contribution in [0.25, 0.3) is 21.9 Å². The number of fused-ring (bicyclic) bond motifs is 2. The molecule has 150 valence electrons. The molecule has 30 heavy (non-hydrogen) atoms. The van der Waals surface area contributed by atoms with Gasteiger partial charge in [-0.25, -0.2) is 9.37 Å². The van der Waals surface area contributed by atoms with Gasteiger partial charge in [0.05, 0.1) is 24.1 Å². The Morgan fingerprint density at radius 2 is 1.80 bits per heavy atom. The van der Waals surface area contributed by atoms with E-state index in [-0.39, 0.29) is 5.82 Å². The van der Waals surface area contributed by atoms with Gasteiger partial charge in [-0.05, 0) is 35.9 Å². The lowest BCUT2D eigenvalue weighted by molar-refractivity contribution is 0.601. The third kappa shape index (κ3) is 3.58. The number of hydrogen-bond acceptors (Lipinski definition) is 2. The Morgan fingerprint density at radius 3 is 2.67 bits per heavy atom. The summed E-state index contributed by atoms with van der Waals surface area (Å²) >= 11 is 6.25. The fourth-order valence-electron chi connectivity index (χ4n) is 3.85. The molecule has 2 heterocycles. The maximum Gasteiger partial charge on any atom is 0.129 e. The van der Waals surface area contributed by atoms with Gasteiger partial charge in [0.1, 0.15) is 11.6 Å². The Bertz CT molecular complexity index is 1280. The van der Waals surface area contributed by atoms with Crippen LogP contribution in [-0.4, -0.2) is 14.5 Å². The minimum absolute atomic E-state index is 0.287. The molecule has 0 amide bonds. The van der Waals surface area contributed by atoms with E-state index in [1.807, 2.05) is 42.5 Å². The van der Waals surface area contributed by atoms with Crippen LogP contribution >= 0.6 is 11.6 Å². The molecule has 0 saturated carbocycles. The zero-order valence-electron chi connectivity index (χ0n) is 16.2. The molecule has 2 aromatic heterocycles. The highest BCUT2D eigenvalue weighted by Gasteiger charge is 2.12. The van der Waals surface area contributed by atoms with Gasteiger partial charge in [0.25, 0.3) is 0 Å². The Balaban J connectivity index is 1.38. The van der Waals surface area contributed by atoms with E-state index >= 15 is 0 Å². The number of H-pyrrole nitrogens is 1. The van der Waals surface area contributed by atoms with Gasteiger partial charge < -0.3 is 14.9 Å². The summed E-state index contributed by atoms with van der Waals surface area (Å²) in [5, 5.41) is 5.05. The first kappa shape index (κ1) is 18.9. The molecule has 0 fully saturated rings. The summed E-state index contributed by atoms with van der Waals surface area (Å²) in [7, 11) is 0. The van der Waals surface area contributed by atoms with Crippen molar-refractivity contribution in [3.8, 4) is 0 Å². The number of halogens is 2. The van der Waals surface area contributed by atoms with Gasteiger partial charge in [-0.3, -0.25) is 0 Å². The Morgan fingerprint density at radius 1 is 0.967 bits per heavy atom. The van der Waals surface area contributed by atoms with E-state index < -0.39 is 0 Å². The predicted octanol–water partition coefficient (Wildman–Crippen LogP) is 5.65. The fraction of sp³-hybridized carbons (Fsp3) is 0.125. The lowest BCUT2D eigenvalue weighted by Gasteiger charge is -2.08. The highest BCUT2D eigenvalue weighted by molar-refractivity contribution is 6.31. The second kappa shape index (κ2) is 7.94. The molecule has 0 aliphatic rings. The molecule has 2 N–H and O–H groups in total. The molecule has 0 aliphatic carbocycles. The third-order valence-electron chi connectivity index (χ3n) is 5.31. The number of aromatic nitrogens is 3. The predicted molar refractivity (Wildman–Crippen MR) is 119 cm³/mol. The lowest BCUT2D eigenvalue weighted by atomic mass is 10.2. The standard InChI is InChI=1S/C24H20ClFN4/c25-19-7-5-8-20(26)18(19)15-30-14-16(17-6-1-4-11-23(17)30)12-27-13-24-28-21-9-2-3-10-22(21)29-24/h1-11,14,27H,12-13,15H2,(H,28,29). The Kier molecular flexibility index (Phi) is 4.99. The molecular formula is C24H20ClFN4. The summed E-state index contributed by atoms with van der Waals surface area (Å²) in [5.74, 6) is 0.614. The van der Waals surface area contributed by atoms with Crippen LogP contribution in [0.4, 0.5) is 4.39 Å². The smallest absolute Gasteiger partial charge is 0.129 e. The molecule has 6 heteroatoms. The van der Waals surface area contributed by atoms with Crippen molar-refractivity contribution in [2.45, 2.75) is 19.6 Å². The second-order valence-electron chi connectivity index (χ2n) is 7.30. The number of nitrogens with one attached hydrogen (secondary N) is 2. The number of imidazole rings is 1. The van der Waals surface area contributed by atoms with E-state index in [4.69, 9.17) is 11.6 Å². The van der Waals surface area contributed by atoms with E-state index in [0.717, 1.165) is 33.3 Å². The maximum atomic E-state index is 14.3. The number of nitrogens with zero attached hydrogens (tertiary/aromatic N) is 2. The molecular weight excluding hydrogens is 399 g/mol. The molecule has 0 atom stereocenters. The molecule has 0 unspecified atom stereocenters. The second-order valence-corrected chi connectivity index (χ2v) is 7.71. The van der Waals surface area contributed by atoms with Crippen LogP contribution in [0.1, 0.15) is 17.0 Å².